The van der Waals surface area contributed by atoms with Crippen molar-refractivity contribution in [3.63, 3.8) is 0 Å². The molecule has 26 heavy (non-hydrogen) atoms. The average molecular weight is 369 g/mol. The van der Waals surface area contributed by atoms with Gasteiger partial charge in [0.05, 0.1) is 12.1 Å². The number of alkyl carbamates (subject to hydrolysis) is 2. The predicted octanol–water partition coefficient (Wildman–Crippen LogP) is 3.08. The maximum Gasteiger partial charge on any atom is 0.408 e. The molecule has 2 amide bonds. The van der Waals surface area contributed by atoms with E-state index in [4.69, 9.17) is 14.7 Å². The lowest BCUT2D eigenvalue weighted by Crippen LogP contribution is -2.38. The maximum absolute atomic E-state index is 11.2. The zero-order valence-corrected chi connectivity index (χ0v) is 16.9. The van der Waals surface area contributed by atoms with Gasteiger partial charge in [0.2, 0.25) is 0 Å². The molecule has 0 bridgehead atoms. The molecule has 0 spiro atoms. The first-order valence-electron chi connectivity index (χ1n) is 8.20. The Morgan fingerprint density at radius 2 is 1.31 bits per heavy atom. The Labute approximate surface area is 155 Å². The van der Waals surface area contributed by atoms with Gasteiger partial charge < -0.3 is 24.9 Å². The normalized spacial score (nSPS) is 13.3. The number of carbonyl (C=O) groups excluding carboxylic acids is 3. The molecule has 0 unspecified atom stereocenters. The Hall–Kier alpha value is -2.56. The van der Waals surface area contributed by atoms with Gasteiger partial charge in [-0.15, -0.1) is 0 Å². The Morgan fingerprint density at radius 1 is 0.923 bits per heavy atom. The second kappa shape index (κ2) is 11.9. The highest BCUT2D eigenvalue weighted by Crippen LogP contribution is 2.07. The fourth-order valence-electron chi connectivity index (χ4n) is 1.26. The summed E-state index contributed by atoms with van der Waals surface area (Å²) in [5.41, 5.74) is -1.02. The van der Waals surface area contributed by atoms with Crippen molar-refractivity contribution in [2.45, 2.75) is 78.7 Å². The van der Waals surface area contributed by atoms with Crippen LogP contribution in [0.2, 0.25) is 0 Å². The van der Waals surface area contributed by atoms with Gasteiger partial charge in [-0.05, 0) is 55.4 Å². The summed E-state index contributed by atoms with van der Waals surface area (Å²) in [6, 6.07) is 1.14. The molecule has 0 heterocycles. The third-order valence-electron chi connectivity index (χ3n) is 2.15. The molecule has 0 radical (unpaired) electrons. The van der Waals surface area contributed by atoms with Gasteiger partial charge in [-0.2, -0.15) is 5.26 Å². The lowest BCUT2D eigenvalue weighted by Gasteiger charge is -2.20. The summed E-state index contributed by atoms with van der Waals surface area (Å²) < 4.78 is 9.92. The van der Waals surface area contributed by atoms with E-state index in [2.05, 4.69) is 10.6 Å². The minimum absolute atomic E-state index is 0.204. The summed E-state index contributed by atoms with van der Waals surface area (Å²) in [4.78, 5) is 32.3. The number of ether oxygens (including phenoxy) is 2. The molecule has 0 aromatic carbocycles. The molecular weight excluding hydrogens is 338 g/mol. The molecule has 0 aliphatic rings. The highest BCUT2D eigenvalue weighted by molar-refractivity contribution is 5.73. The molecule has 8 heteroatoms. The summed E-state index contributed by atoms with van der Waals surface area (Å²) in [5, 5.41) is 13.2. The number of nitrogens with one attached hydrogen (secondary N) is 2. The fraction of sp³-hybridized carbons (Fsp3) is 0.667. The van der Waals surface area contributed by atoms with E-state index in [9.17, 15) is 14.4 Å². The smallest absolute Gasteiger partial charge is 0.408 e. The highest BCUT2D eigenvalue weighted by atomic mass is 16.6. The third-order valence-corrected chi connectivity index (χ3v) is 2.15. The van der Waals surface area contributed by atoms with Gasteiger partial charge in [-0.3, -0.25) is 0 Å². The number of hydrogen-bond acceptors (Lipinski definition) is 6. The Kier molecular flexibility index (Phi) is 11.8. The number of aldehydes is 1. The maximum atomic E-state index is 11.2. The van der Waals surface area contributed by atoms with E-state index in [1.54, 1.807) is 61.5 Å². The topological polar surface area (TPSA) is 118 Å². The molecule has 0 aliphatic heterocycles. The second-order valence-electron chi connectivity index (χ2n) is 7.49. The lowest BCUT2D eigenvalue weighted by molar-refractivity contribution is -0.109. The fourth-order valence-corrected chi connectivity index (χ4v) is 1.26. The van der Waals surface area contributed by atoms with Crippen molar-refractivity contribution in [3.8, 4) is 6.07 Å². The Bertz CT molecular complexity index is 524. The SMILES string of the molecule is C[C@H](C=CC#N)NC(=O)OC(C)(C)C.C[C@H](C=O)NC(=O)OC(C)(C)C. The molecule has 0 saturated carbocycles. The zero-order chi connectivity index (χ0) is 21.0. The molecule has 0 rings (SSSR count). The van der Waals surface area contributed by atoms with Crippen LogP contribution in [-0.4, -0.2) is 41.8 Å². The summed E-state index contributed by atoms with van der Waals surface area (Å²) in [5.74, 6) is 0. The van der Waals surface area contributed by atoms with E-state index < -0.39 is 29.4 Å². The van der Waals surface area contributed by atoms with Crippen molar-refractivity contribution in [2.75, 3.05) is 0 Å². The minimum Gasteiger partial charge on any atom is -0.444 e. The predicted molar refractivity (Wildman–Crippen MR) is 98.5 cm³/mol. The number of rotatable bonds is 4. The molecule has 8 nitrogen and oxygen atoms in total. The van der Waals surface area contributed by atoms with Crippen molar-refractivity contribution in [3.05, 3.63) is 12.2 Å². The van der Waals surface area contributed by atoms with Crippen molar-refractivity contribution < 1.29 is 23.9 Å². The number of amides is 2. The first-order chi connectivity index (χ1) is 11.7. The van der Waals surface area contributed by atoms with Crippen LogP contribution in [0.1, 0.15) is 55.4 Å². The second-order valence-corrected chi connectivity index (χ2v) is 7.49. The summed E-state index contributed by atoms with van der Waals surface area (Å²) in [6.07, 6.45) is 2.50. The van der Waals surface area contributed by atoms with Crippen LogP contribution in [0.15, 0.2) is 12.2 Å². The minimum atomic E-state index is -0.568. The molecule has 2 N–H and O–H groups in total. The van der Waals surface area contributed by atoms with E-state index in [0.29, 0.717) is 6.29 Å². The number of carbonyl (C=O) groups is 3. The van der Waals surface area contributed by atoms with Crippen LogP contribution >= 0.6 is 0 Å². The third kappa shape index (κ3) is 19.5. The highest BCUT2D eigenvalue weighted by Gasteiger charge is 2.17. The van der Waals surface area contributed by atoms with Gasteiger partial charge in [-0.25, -0.2) is 9.59 Å². The number of hydrogen-bond donors (Lipinski definition) is 2. The quantitative estimate of drug-likeness (QED) is 0.581. The standard InChI is InChI=1S/C10H16N2O2.C8H15NO3/c1-8(6-5-7-11)12-9(13)14-10(2,3)4;1-6(5-10)9-7(11)12-8(2,3)4/h5-6,8H,1-4H3,(H,12,13);5-6H,1-4H3,(H,9,11)/t8-;6-/m11/s1. The van der Waals surface area contributed by atoms with E-state index in [1.807, 2.05) is 6.07 Å². The zero-order valence-electron chi connectivity index (χ0n) is 16.9. The largest absolute Gasteiger partial charge is 0.444 e. The summed E-state index contributed by atoms with van der Waals surface area (Å²) in [7, 11) is 0. The van der Waals surface area contributed by atoms with Gasteiger partial charge in [0.25, 0.3) is 0 Å². The molecule has 148 valence electrons. The van der Waals surface area contributed by atoms with Crippen molar-refractivity contribution in [2.24, 2.45) is 0 Å². The first kappa shape index (κ1) is 25.7. The van der Waals surface area contributed by atoms with Crippen molar-refractivity contribution >= 4 is 18.5 Å². The van der Waals surface area contributed by atoms with Crippen molar-refractivity contribution in [1.82, 2.24) is 10.6 Å². The Balaban J connectivity index is 0. The van der Waals surface area contributed by atoms with Crippen LogP contribution in [0.3, 0.4) is 0 Å². The van der Waals surface area contributed by atoms with Gasteiger partial charge in [0.1, 0.15) is 17.5 Å². The van der Waals surface area contributed by atoms with Gasteiger partial charge in [-0.1, -0.05) is 6.08 Å². The summed E-state index contributed by atoms with van der Waals surface area (Å²) >= 11 is 0. The molecule has 0 aromatic rings. The van der Waals surface area contributed by atoms with Crippen LogP contribution in [-0.2, 0) is 14.3 Å². The first-order valence-corrected chi connectivity index (χ1v) is 8.20. The number of nitrogens with zero attached hydrogens (tertiary/aromatic N) is 1. The molecule has 0 aliphatic carbocycles. The van der Waals surface area contributed by atoms with Crippen LogP contribution in [0.4, 0.5) is 9.59 Å². The van der Waals surface area contributed by atoms with Crippen LogP contribution in [0.5, 0.6) is 0 Å². The van der Waals surface area contributed by atoms with E-state index in [-0.39, 0.29) is 6.04 Å². The monoisotopic (exact) mass is 369 g/mol. The average Bonchev–Trinajstić information content (AvgIpc) is 2.41. The van der Waals surface area contributed by atoms with E-state index in [0.717, 1.165) is 0 Å². The molecular formula is C18H31N3O5. The van der Waals surface area contributed by atoms with Gasteiger partial charge in [0.15, 0.2) is 0 Å². The van der Waals surface area contributed by atoms with Crippen LogP contribution in [0.25, 0.3) is 0 Å². The molecule has 0 saturated heterocycles. The van der Waals surface area contributed by atoms with E-state index >= 15 is 0 Å². The van der Waals surface area contributed by atoms with Gasteiger partial charge in [0, 0.05) is 12.1 Å². The molecule has 0 fully saturated rings. The van der Waals surface area contributed by atoms with Crippen LogP contribution in [0, 0.1) is 11.3 Å². The van der Waals surface area contributed by atoms with E-state index in [1.165, 1.54) is 6.08 Å². The number of allylic oxidation sites excluding steroid dienone is 1. The molecule has 2 atom stereocenters. The Morgan fingerprint density at radius 3 is 1.62 bits per heavy atom. The summed E-state index contributed by atoms with van der Waals surface area (Å²) in [6.45, 7) is 14.0. The molecule has 0 aromatic heterocycles. The van der Waals surface area contributed by atoms with Gasteiger partial charge >= 0.3 is 12.2 Å². The lowest BCUT2D eigenvalue weighted by atomic mass is 10.2. The number of nitriles is 1. The van der Waals surface area contributed by atoms with Crippen LogP contribution < -0.4 is 10.6 Å². The van der Waals surface area contributed by atoms with Crippen molar-refractivity contribution in [1.29, 1.82) is 5.26 Å².